The molecule has 0 unspecified atom stereocenters. The molecule has 0 bridgehead atoms. The first kappa shape index (κ1) is 13.4. The molecular weight excluding hydrogens is 238 g/mol. The number of methoxy groups -OCH3 is 1. The van der Waals surface area contributed by atoms with Gasteiger partial charge in [0.1, 0.15) is 5.75 Å². The average Bonchev–Trinajstić information content (AvgIpc) is 2.38. The van der Waals surface area contributed by atoms with Gasteiger partial charge in [0.2, 0.25) is 0 Å². The largest absolute Gasteiger partial charge is 0.508 e. The van der Waals surface area contributed by atoms with Crippen LogP contribution in [0.5, 0.6) is 5.75 Å². The van der Waals surface area contributed by atoms with E-state index in [0.717, 1.165) is 17.8 Å². The Labute approximate surface area is 113 Å². The van der Waals surface area contributed by atoms with Crippen LogP contribution in [-0.4, -0.2) is 12.2 Å². The molecule has 0 radical (unpaired) electrons. The number of phenols is 1. The minimum atomic E-state index is 0.296. The van der Waals surface area contributed by atoms with Crippen LogP contribution in [-0.2, 0) is 17.9 Å². The number of ether oxygens (including phenoxy) is 1. The van der Waals surface area contributed by atoms with Crippen molar-refractivity contribution in [2.45, 2.75) is 20.1 Å². The SMILES string of the molecule is COCc1cccc(CNc2ccc(O)cc2C)c1. The Kier molecular flexibility index (Phi) is 4.42. The molecule has 0 aliphatic carbocycles. The number of rotatable bonds is 5. The van der Waals surface area contributed by atoms with Crippen LogP contribution >= 0.6 is 0 Å². The van der Waals surface area contributed by atoms with Crippen molar-refractivity contribution in [3.63, 3.8) is 0 Å². The highest BCUT2D eigenvalue weighted by Gasteiger charge is 2.00. The first-order valence-corrected chi connectivity index (χ1v) is 6.29. The molecule has 0 atom stereocenters. The molecule has 2 N–H and O–H groups in total. The van der Waals surface area contributed by atoms with Crippen LogP contribution < -0.4 is 5.32 Å². The molecule has 2 aromatic carbocycles. The van der Waals surface area contributed by atoms with E-state index in [4.69, 9.17) is 4.74 Å². The summed E-state index contributed by atoms with van der Waals surface area (Å²) in [5.74, 6) is 0.296. The number of benzene rings is 2. The molecule has 100 valence electrons. The number of aromatic hydroxyl groups is 1. The van der Waals surface area contributed by atoms with Crippen molar-refractivity contribution < 1.29 is 9.84 Å². The fourth-order valence-electron chi connectivity index (χ4n) is 2.04. The van der Waals surface area contributed by atoms with Crippen molar-refractivity contribution in [1.82, 2.24) is 0 Å². The van der Waals surface area contributed by atoms with Gasteiger partial charge in [0, 0.05) is 19.3 Å². The summed E-state index contributed by atoms with van der Waals surface area (Å²) >= 11 is 0. The first-order valence-electron chi connectivity index (χ1n) is 6.29. The fourth-order valence-corrected chi connectivity index (χ4v) is 2.04. The predicted molar refractivity (Wildman–Crippen MR) is 77.3 cm³/mol. The smallest absolute Gasteiger partial charge is 0.115 e. The van der Waals surface area contributed by atoms with Crippen LogP contribution in [0.2, 0.25) is 0 Å². The maximum Gasteiger partial charge on any atom is 0.115 e. The zero-order valence-electron chi connectivity index (χ0n) is 11.3. The Morgan fingerprint density at radius 3 is 2.63 bits per heavy atom. The van der Waals surface area contributed by atoms with Crippen molar-refractivity contribution in [3.05, 3.63) is 59.2 Å². The molecule has 2 aromatic rings. The second kappa shape index (κ2) is 6.25. The van der Waals surface area contributed by atoms with Gasteiger partial charge in [-0.15, -0.1) is 0 Å². The highest BCUT2D eigenvalue weighted by Crippen LogP contribution is 2.20. The minimum Gasteiger partial charge on any atom is -0.508 e. The van der Waals surface area contributed by atoms with Gasteiger partial charge >= 0.3 is 0 Å². The summed E-state index contributed by atoms with van der Waals surface area (Å²) < 4.78 is 5.13. The van der Waals surface area contributed by atoms with Gasteiger partial charge in [0.05, 0.1) is 6.61 Å². The molecule has 0 amide bonds. The number of hydrogen-bond donors (Lipinski definition) is 2. The van der Waals surface area contributed by atoms with E-state index in [2.05, 4.69) is 23.5 Å². The lowest BCUT2D eigenvalue weighted by Crippen LogP contribution is -2.01. The first-order chi connectivity index (χ1) is 9.19. The quantitative estimate of drug-likeness (QED) is 0.806. The van der Waals surface area contributed by atoms with Crippen molar-refractivity contribution in [2.75, 3.05) is 12.4 Å². The maximum atomic E-state index is 9.38. The van der Waals surface area contributed by atoms with Crippen LogP contribution in [0.25, 0.3) is 0 Å². The highest BCUT2D eigenvalue weighted by atomic mass is 16.5. The van der Waals surface area contributed by atoms with E-state index in [-0.39, 0.29) is 0 Å². The minimum absolute atomic E-state index is 0.296. The van der Waals surface area contributed by atoms with Crippen LogP contribution in [0.1, 0.15) is 16.7 Å². The normalized spacial score (nSPS) is 10.4. The molecule has 2 rings (SSSR count). The number of hydrogen-bond acceptors (Lipinski definition) is 3. The van der Waals surface area contributed by atoms with E-state index in [0.29, 0.717) is 12.4 Å². The second-order valence-corrected chi connectivity index (χ2v) is 4.61. The van der Waals surface area contributed by atoms with Gasteiger partial charge in [0.15, 0.2) is 0 Å². The maximum absolute atomic E-state index is 9.38. The van der Waals surface area contributed by atoms with Crippen LogP contribution in [0.15, 0.2) is 42.5 Å². The van der Waals surface area contributed by atoms with Gasteiger partial charge < -0.3 is 15.2 Å². The number of nitrogens with one attached hydrogen (secondary N) is 1. The van der Waals surface area contributed by atoms with E-state index >= 15 is 0 Å². The van der Waals surface area contributed by atoms with Crippen molar-refractivity contribution in [3.8, 4) is 5.75 Å². The molecular formula is C16H19NO2. The third-order valence-electron chi connectivity index (χ3n) is 3.00. The molecule has 0 heterocycles. The standard InChI is InChI=1S/C16H19NO2/c1-12-8-15(18)6-7-16(12)17-10-13-4-3-5-14(9-13)11-19-2/h3-9,17-18H,10-11H2,1-2H3. The Bertz CT molecular complexity index is 552. The van der Waals surface area contributed by atoms with Gasteiger partial charge in [-0.25, -0.2) is 0 Å². The molecule has 0 aliphatic heterocycles. The Balaban J connectivity index is 2.03. The average molecular weight is 257 g/mol. The summed E-state index contributed by atoms with van der Waals surface area (Å²) in [4.78, 5) is 0. The zero-order valence-corrected chi connectivity index (χ0v) is 11.3. The van der Waals surface area contributed by atoms with Crippen LogP contribution in [0, 0.1) is 6.92 Å². The summed E-state index contributed by atoms with van der Waals surface area (Å²) in [6.45, 7) is 3.36. The van der Waals surface area contributed by atoms with Crippen LogP contribution in [0.3, 0.4) is 0 Å². The number of aryl methyl sites for hydroxylation is 1. The second-order valence-electron chi connectivity index (χ2n) is 4.61. The lowest BCUT2D eigenvalue weighted by atomic mass is 10.1. The van der Waals surface area contributed by atoms with Crippen molar-refractivity contribution in [1.29, 1.82) is 0 Å². The Morgan fingerprint density at radius 2 is 1.89 bits per heavy atom. The third-order valence-corrected chi connectivity index (χ3v) is 3.00. The monoisotopic (exact) mass is 257 g/mol. The van der Waals surface area contributed by atoms with Crippen LogP contribution in [0.4, 0.5) is 5.69 Å². The summed E-state index contributed by atoms with van der Waals surface area (Å²) in [6, 6.07) is 13.6. The molecule has 3 heteroatoms. The van der Waals surface area contributed by atoms with Gasteiger partial charge in [-0.1, -0.05) is 24.3 Å². The highest BCUT2D eigenvalue weighted by molar-refractivity contribution is 5.53. The van der Waals surface area contributed by atoms with E-state index in [1.54, 1.807) is 19.2 Å². The van der Waals surface area contributed by atoms with E-state index in [1.807, 2.05) is 19.1 Å². The predicted octanol–water partition coefficient (Wildman–Crippen LogP) is 3.46. The molecule has 0 aromatic heterocycles. The molecule has 0 saturated carbocycles. The van der Waals surface area contributed by atoms with Gasteiger partial charge in [-0.2, -0.15) is 0 Å². The number of phenolic OH excluding ortho intramolecular Hbond substituents is 1. The molecule has 0 aliphatic rings. The lowest BCUT2D eigenvalue weighted by Gasteiger charge is -2.10. The van der Waals surface area contributed by atoms with E-state index in [1.165, 1.54) is 11.1 Å². The molecule has 0 spiro atoms. The molecule has 0 fully saturated rings. The van der Waals surface area contributed by atoms with Gasteiger partial charge in [0.25, 0.3) is 0 Å². The molecule has 3 nitrogen and oxygen atoms in total. The summed E-state index contributed by atoms with van der Waals surface area (Å²) in [5.41, 5.74) is 4.45. The van der Waals surface area contributed by atoms with E-state index in [9.17, 15) is 5.11 Å². The summed E-state index contributed by atoms with van der Waals surface area (Å²) in [7, 11) is 1.70. The van der Waals surface area contributed by atoms with E-state index < -0.39 is 0 Å². The number of anilines is 1. The third kappa shape index (κ3) is 3.73. The van der Waals surface area contributed by atoms with Gasteiger partial charge in [-0.3, -0.25) is 0 Å². The van der Waals surface area contributed by atoms with Crippen molar-refractivity contribution in [2.24, 2.45) is 0 Å². The summed E-state index contributed by atoms with van der Waals surface area (Å²) in [6.07, 6.45) is 0. The summed E-state index contributed by atoms with van der Waals surface area (Å²) in [5, 5.41) is 12.8. The Morgan fingerprint density at radius 1 is 1.11 bits per heavy atom. The lowest BCUT2D eigenvalue weighted by molar-refractivity contribution is 0.185. The topological polar surface area (TPSA) is 41.5 Å². The van der Waals surface area contributed by atoms with Crippen molar-refractivity contribution >= 4 is 5.69 Å². The molecule has 19 heavy (non-hydrogen) atoms. The fraction of sp³-hybridized carbons (Fsp3) is 0.250. The van der Waals surface area contributed by atoms with Gasteiger partial charge in [-0.05, 0) is 41.8 Å². The zero-order chi connectivity index (χ0) is 13.7. The Hall–Kier alpha value is -2.00. The molecule has 0 saturated heterocycles.